The summed E-state index contributed by atoms with van der Waals surface area (Å²) in [6.45, 7) is 3.75. The van der Waals surface area contributed by atoms with Crippen LogP contribution in [-0.2, 0) is 19.0 Å². The Hall–Kier alpha value is -2.63. The molecule has 130 valence electrons. The van der Waals surface area contributed by atoms with Crippen molar-refractivity contribution in [3.8, 4) is 11.1 Å². The number of alkyl halides is 3. The molecule has 1 aromatic heterocycles. The summed E-state index contributed by atoms with van der Waals surface area (Å²) in [7, 11) is 0. The van der Waals surface area contributed by atoms with Crippen molar-refractivity contribution >= 4 is 0 Å². The van der Waals surface area contributed by atoms with Gasteiger partial charge in [0.2, 0.25) is 11.8 Å². The van der Waals surface area contributed by atoms with Gasteiger partial charge in [-0.05, 0) is 47.7 Å². The van der Waals surface area contributed by atoms with Gasteiger partial charge in [0.1, 0.15) is 0 Å². The number of benzene rings is 2. The van der Waals surface area contributed by atoms with Crippen molar-refractivity contribution in [3.63, 3.8) is 0 Å². The van der Waals surface area contributed by atoms with E-state index in [-0.39, 0.29) is 0 Å². The third-order valence-electron chi connectivity index (χ3n) is 4.07. The van der Waals surface area contributed by atoms with Crippen LogP contribution >= 0.6 is 0 Å². The Balaban J connectivity index is 1.81. The van der Waals surface area contributed by atoms with E-state index in [1.165, 1.54) is 12.1 Å². The van der Waals surface area contributed by atoms with E-state index in [9.17, 15) is 13.2 Å². The topological polar surface area (TPSA) is 38.9 Å². The van der Waals surface area contributed by atoms with Gasteiger partial charge in [-0.2, -0.15) is 13.2 Å². The highest BCUT2D eigenvalue weighted by Crippen LogP contribution is 2.31. The first-order chi connectivity index (χ1) is 11.8. The van der Waals surface area contributed by atoms with E-state index in [4.69, 9.17) is 4.42 Å². The van der Waals surface area contributed by atoms with Crippen LogP contribution in [0, 0.1) is 13.8 Å². The predicted molar refractivity (Wildman–Crippen MR) is 88.1 cm³/mol. The molecular weight excluding hydrogens is 329 g/mol. The quantitative estimate of drug-likeness (QED) is 0.655. The lowest BCUT2D eigenvalue weighted by Gasteiger charge is -2.10. The fourth-order valence-electron chi connectivity index (χ4n) is 2.65. The Kier molecular flexibility index (Phi) is 4.61. The van der Waals surface area contributed by atoms with Gasteiger partial charge in [0.25, 0.3) is 0 Å². The van der Waals surface area contributed by atoms with Gasteiger partial charge in [-0.1, -0.05) is 30.3 Å². The molecule has 0 bridgehead atoms. The van der Waals surface area contributed by atoms with Gasteiger partial charge in [-0.3, -0.25) is 0 Å². The van der Waals surface area contributed by atoms with E-state index in [2.05, 4.69) is 10.2 Å². The molecule has 2 aromatic carbocycles. The molecule has 0 N–H and O–H groups in total. The Morgan fingerprint density at radius 1 is 0.880 bits per heavy atom. The number of hydrogen-bond acceptors (Lipinski definition) is 3. The second kappa shape index (κ2) is 6.70. The second-order valence-electron chi connectivity index (χ2n) is 5.93. The zero-order valence-electron chi connectivity index (χ0n) is 13.9. The van der Waals surface area contributed by atoms with Gasteiger partial charge >= 0.3 is 6.18 Å². The molecule has 0 aliphatic rings. The predicted octanol–water partition coefficient (Wildman–Crippen LogP) is 5.16. The summed E-state index contributed by atoms with van der Waals surface area (Å²) >= 11 is 0. The summed E-state index contributed by atoms with van der Waals surface area (Å²) in [6, 6.07) is 11.1. The van der Waals surface area contributed by atoms with E-state index in [0.717, 1.165) is 40.8 Å². The lowest BCUT2D eigenvalue weighted by atomic mass is 9.96. The molecule has 0 amide bonds. The Labute approximate surface area is 143 Å². The average Bonchev–Trinajstić information content (AvgIpc) is 2.99. The number of nitrogens with zero attached hydrogens (tertiary/aromatic N) is 2. The highest BCUT2D eigenvalue weighted by atomic mass is 19.4. The molecule has 3 aromatic rings. The largest absolute Gasteiger partial charge is 0.426 e. The van der Waals surface area contributed by atoms with E-state index >= 15 is 0 Å². The van der Waals surface area contributed by atoms with Crippen molar-refractivity contribution < 1.29 is 17.6 Å². The number of hydrogen-bond donors (Lipinski definition) is 0. The standard InChI is InChI=1S/C19H17F3N2O/c1-12-3-4-16(14-5-8-17(9-6-14)19(20,21)22)11-15(12)7-10-18-24-23-13(2)25-18/h3-6,8-9,11H,7,10H2,1-2H3. The third-order valence-corrected chi connectivity index (χ3v) is 4.07. The van der Waals surface area contributed by atoms with Crippen molar-refractivity contribution in [2.75, 3.05) is 0 Å². The Bertz CT molecular complexity index is 867. The van der Waals surface area contributed by atoms with Crippen molar-refractivity contribution in [2.24, 2.45) is 0 Å². The molecule has 3 rings (SSSR count). The van der Waals surface area contributed by atoms with Crippen molar-refractivity contribution in [3.05, 3.63) is 70.9 Å². The number of rotatable bonds is 4. The van der Waals surface area contributed by atoms with Crippen molar-refractivity contribution in [2.45, 2.75) is 32.9 Å². The maximum Gasteiger partial charge on any atom is 0.416 e. The van der Waals surface area contributed by atoms with Gasteiger partial charge < -0.3 is 4.42 Å². The molecule has 0 aliphatic carbocycles. The molecule has 0 saturated carbocycles. The number of aryl methyl sites for hydroxylation is 4. The first-order valence-corrected chi connectivity index (χ1v) is 7.89. The maximum atomic E-state index is 12.7. The molecule has 0 aliphatic heterocycles. The van der Waals surface area contributed by atoms with Crippen LogP contribution in [0.2, 0.25) is 0 Å². The summed E-state index contributed by atoms with van der Waals surface area (Å²) < 4.78 is 43.4. The maximum absolute atomic E-state index is 12.7. The lowest BCUT2D eigenvalue weighted by molar-refractivity contribution is -0.137. The molecular formula is C19H17F3N2O. The van der Waals surface area contributed by atoms with Gasteiger partial charge in [-0.15, -0.1) is 10.2 Å². The lowest BCUT2D eigenvalue weighted by Crippen LogP contribution is -2.04. The van der Waals surface area contributed by atoms with Crippen molar-refractivity contribution in [1.82, 2.24) is 10.2 Å². The van der Waals surface area contributed by atoms with E-state index in [1.807, 2.05) is 25.1 Å². The zero-order chi connectivity index (χ0) is 18.0. The molecule has 0 radical (unpaired) electrons. The summed E-state index contributed by atoms with van der Waals surface area (Å²) in [5.41, 5.74) is 3.22. The zero-order valence-corrected chi connectivity index (χ0v) is 13.9. The minimum atomic E-state index is -4.32. The van der Waals surface area contributed by atoms with E-state index in [1.54, 1.807) is 6.92 Å². The second-order valence-corrected chi connectivity index (χ2v) is 5.93. The molecule has 0 spiro atoms. The van der Waals surface area contributed by atoms with Crippen LogP contribution in [0.25, 0.3) is 11.1 Å². The summed E-state index contributed by atoms with van der Waals surface area (Å²) in [4.78, 5) is 0. The highest BCUT2D eigenvalue weighted by Gasteiger charge is 2.29. The minimum Gasteiger partial charge on any atom is -0.426 e. The smallest absolute Gasteiger partial charge is 0.416 e. The summed E-state index contributed by atoms with van der Waals surface area (Å²) in [6.07, 6.45) is -2.97. The fourth-order valence-corrected chi connectivity index (χ4v) is 2.65. The number of aromatic nitrogens is 2. The van der Waals surface area contributed by atoms with Gasteiger partial charge in [0.05, 0.1) is 5.56 Å². The Morgan fingerprint density at radius 3 is 2.16 bits per heavy atom. The molecule has 0 saturated heterocycles. The van der Waals surface area contributed by atoms with Crippen LogP contribution in [0.4, 0.5) is 13.2 Å². The Morgan fingerprint density at radius 2 is 1.56 bits per heavy atom. The van der Waals surface area contributed by atoms with Crippen LogP contribution in [-0.4, -0.2) is 10.2 Å². The molecule has 3 nitrogen and oxygen atoms in total. The normalized spacial score (nSPS) is 11.7. The van der Waals surface area contributed by atoms with Crippen LogP contribution < -0.4 is 0 Å². The number of halogens is 3. The SMILES string of the molecule is Cc1nnc(CCc2cc(-c3ccc(C(F)(F)F)cc3)ccc2C)o1. The monoisotopic (exact) mass is 346 g/mol. The first-order valence-electron chi connectivity index (χ1n) is 7.89. The minimum absolute atomic E-state index is 0.533. The molecule has 0 unspecified atom stereocenters. The van der Waals surface area contributed by atoms with Crippen LogP contribution in [0.15, 0.2) is 46.9 Å². The van der Waals surface area contributed by atoms with Gasteiger partial charge in [0, 0.05) is 13.3 Å². The summed E-state index contributed by atoms with van der Waals surface area (Å²) in [5, 5.41) is 7.79. The molecule has 0 atom stereocenters. The van der Waals surface area contributed by atoms with Crippen LogP contribution in [0.3, 0.4) is 0 Å². The van der Waals surface area contributed by atoms with Crippen LogP contribution in [0.1, 0.15) is 28.5 Å². The molecule has 1 heterocycles. The fraction of sp³-hybridized carbons (Fsp3) is 0.263. The van der Waals surface area contributed by atoms with E-state index < -0.39 is 11.7 Å². The highest BCUT2D eigenvalue weighted by molar-refractivity contribution is 5.65. The van der Waals surface area contributed by atoms with E-state index in [0.29, 0.717) is 18.2 Å². The average molecular weight is 346 g/mol. The third kappa shape index (κ3) is 4.07. The van der Waals surface area contributed by atoms with Crippen molar-refractivity contribution in [1.29, 1.82) is 0 Å². The molecule has 25 heavy (non-hydrogen) atoms. The van der Waals surface area contributed by atoms with Gasteiger partial charge in [-0.25, -0.2) is 0 Å². The van der Waals surface area contributed by atoms with Crippen LogP contribution in [0.5, 0.6) is 0 Å². The molecule has 6 heteroatoms. The molecule has 0 fully saturated rings. The summed E-state index contributed by atoms with van der Waals surface area (Å²) in [5.74, 6) is 1.11. The first kappa shape index (κ1) is 17.2. The van der Waals surface area contributed by atoms with Gasteiger partial charge in [0.15, 0.2) is 0 Å².